The highest BCUT2D eigenvalue weighted by Crippen LogP contribution is 2.14. The van der Waals surface area contributed by atoms with E-state index < -0.39 is 6.10 Å². The molecule has 1 unspecified atom stereocenters. The zero-order chi connectivity index (χ0) is 39.8. The molecule has 0 aliphatic rings. The fourth-order valence-corrected chi connectivity index (χ4v) is 6.53. The summed E-state index contributed by atoms with van der Waals surface area (Å²) in [6, 6.07) is 0. The molecule has 0 radical (unpaired) electrons. The third-order valence-electron chi connectivity index (χ3n) is 10.0. The molecule has 0 amide bonds. The van der Waals surface area contributed by atoms with Crippen molar-refractivity contribution in [1.82, 2.24) is 0 Å². The van der Waals surface area contributed by atoms with Crippen molar-refractivity contribution in [2.45, 2.75) is 225 Å². The van der Waals surface area contributed by atoms with Gasteiger partial charge in [-0.15, -0.1) is 0 Å². The molecule has 0 rings (SSSR count). The SMILES string of the molecule is CC/C=C\C/C=C\C/C=C\C/C=C\CCCCCCCCCCCCCCCOCC(CO)OC(=O)CCCCCCCCC/C=C\C/C=C\CCCCC. The monoisotopic (exact) mass is 767 g/mol. The highest BCUT2D eigenvalue weighted by atomic mass is 16.6. The first-order valence-corrected chi connectivity index (χ1v) is 23.5. The van der Waals surface area contributed by atoms with Gasteiger partial charge in [-0.3, -0.25) is 4.79 Å². The summed E-state index contributed by atoms with van der Waals surface area (Å²) in [6.07, 6.45) is 65.5. The zero-order valence-electron chi connectivity index (χ0n) is 36.4. The van der Waals surface area contributed by atoms with Gasteiger partial charge in [0, 0.05) is 13.0 Å². The molecular formula is C51H90O4. The number of carbonyl (C=O) groups is 1. The lowest BCUT2D eigenvalue weighted by molar-refractivity contribution is -0.154. The highest BCUT2D eigenvalue weighted by Gasteiger charge is 2.13. The third-order valence-corrected chi connectivity index (χ3v) is 10.0. The Morgan fingerprint density at radius 3 is 1.24 bits per heavy atom. The second kappa shape index (κ2) is 48.0. The van der Waals surface area contributed by atoms with Crippen LogP contribution in [0.25, 0.3) is 0 Å². The number of ether oxygens (including phenoxy) is 2. The first-order chi connectivity index (χ1) is 27.2. The van der Waals surface area contributed by atoms with E-state index in [2.05, 4.69) is 86.8 Å². The summed E-state index contributed by atoms with van der Waals surface area (Å²) in [7, 11) is 0. The molecule has 4 nitrogen and oxygen atoms in total. The Morgan fingerprint density at radius 1 is 0.455 bits per heavy atom. The van der Waals surface area contributed by atoms with Crippen LogP contribution in [0.15, 0.2) is 72.9 Å². The first-order valence-electron chi connectivity index (χ1n) is 23.5. The van der Waals surface area contributed by atoms with E-state index in [-0.39, 0.29) is 12.6 Å². The van der Waals surface area contributed by atoms with E-state index in [1.165, 1.54) is 148 Å². The minimum absolute atomic E-state index is 0.177. The van der Waals surface area contributed by atoms with Crippen molar-refractivity contribution in [3.8, 4) is 0 Å². The summed E-state index contributed by atoms with van der Waals surface area (Å²) in [5.74, 6) is -0.210. The predicted molar refractivity (Wildman–Crippen MR) is 242 cm³/mol. The number of allylic oxidation sites excluding steroid dienone is 12. The van der Waals surface area contributed by atoms with Crippen LogP contribution in [0.1, 0.15) is 219 Å². The maximum Gasteiger partial charge on any atom is 0.306 e. The van der Waals surface area contributed by atoms with Gasteiger partial charge in [-0.1, -0.05) is 202 Å². The van der Waals surface area contributed by atoms with Gasteiger partial charge in [-0.05, 0) is 83.5 Å². The molecule has 0 bridgehead atoms. The molecule has 0 aliphatic carbocycles. The minimum atomic E-state index is -0.542. The minimum Gasteiger partial charge on any atom is -0.457 e. The van der Waals surface area contributed by atoms with Gasteiger partial charge in [0.15, 0.2) is 0 Å². The smallest absolute Gasteiger partial charge is 0.306 e. The zero-order valence-corrected chi connectivity index (χ0v) is 36.4. The predicted octanol–water partition coefficient (Wildman–Crippen LogP) is 15.8. The van der Waals surface area contributed by atoms with Gasteiger partial charge < -0.3 is 14.6 Å². The van der Waals surface area contributed by atoms with Crippen molar-refractivity contribution in [2.75, 3.05) is 19.8 Å². The maximum atomic E-state index is 12.2. The molecule has 1 atom stereocenters. The molecule has 0 saturated carbocycles. The van der Waals surface area contributed by atoms with E-state index in [1.807, 2.05) is 0 Å². The van der Waals surface area contributed by atoms with Crippen LogP contribution < -0.4 is 0 Å². The number of rotatable bonds is 43. The van der Waals surface area contributed by atoms with Crippen LogP contribution in [0.5, 0.6) is 0 Å². The Hall–Kier alpha value is -2.17. The van der Waals surface area contributed by atoms with Crippen LogP contribution >= 0.6 is 0 Å². The molecule has 0 aromatic heterocycles. The first kappa shape index (κ1) is 52.8. The molecular weight excluding hydrogens is 677 g/mol. The molecule has 318 valence electrons. The molecule has 0 heterocycles. The van der Waals surface area contributed by atoms with Crippen LogP contribution in [0.4, 0.5) is 0 Å². The average molecular weight is 767 g/mol. The molecule has 0 saturated heterocycles. The number of aliphatic hydroxyl groups excluding tert-OH is 1. The fourth-order valence-electron chi connectivity index (χ4n) is 6.53. The Morgan fingerprint density at radius 2 is 0.818 bits per heavy atom. The van der Waals surface area contributed by atoms with Gasteiger partial charge in [-0.2, -0.15) is 0 Å². The molecule has 55 heavy (non-hydrogen) atoms. The van der Waals surface area contributed by atoms with E-state index in [4.69, 9.17) is 9.47 Å². The average Bonchev–Trinajstić information content (AvgIpc) is 3.19. The van der Waals surface area contributed by atoms with Gasteiger partial charge in [0.05, 0.1) is 13.2 Å². The number of aliphatic hydroxyl groups is 1. The standard InChI is InChI=1S/C51H90O4/c1-3-5-7-9-11-13-15-17-19-21-22-23-24-25-26-27-28-29-31-33-35-37-39-41-43-45-47-54-49-50(48-52)55-51(53)46-44-42-40-38-36-34-32-30-20-18-16-14-12-10-8-6-4-2/h5,7,11-14,17-20,22-23,50,52H,3-4,6,8-10,15-16,21,24-49H2,1-2H3/b7-5-,13-11-,14-12-,19-17-,20-18-,23-22-. The van der Waals surface area contributed by atoms with Crippen LogP contribution in [-0.2, 0) is 14.3 Å². The van der Waals surface area contributed by atoms with E-state index in [1.54, 1.807) is 0 Å². The third kappa shape index (κ3) is 46.1. The highest BCUT2D eigenvalue weighted by molar-refractivity contribution is 5.69. The summed E-state index contributed by atoms with van der Waals surface area (Å²) < 4.78 is 11.2. The van der Waals surface area contributed by atoms with Crippen LogP contribution in [0.3, 0.4) is 0 Å². The van der Waals surface area contributed by atoms with Gasteiger partial charge in [0.1, 0.15) is 6.10 Å². The molecule has 0 aliphatic heterocycles. The number of hydrogen-bond donors (Lipinski definition) is 1. The molecule has 0 aromatic rings. The second-order valence-corrected chi connectivity index (χ2v) is 15.4. The quantitative estimate of drug-likeness (QED) is 0.0381. The van der Waals surface area contributed by atoms with E-state index in [0.29, 0.717) is 19.6 Å². The summed E-state index contributed by atoms with van der Waals surface area (Å²) in [5, 5.41) is 9.63. The van der Waals surface area contributed by atoms with Gasteiger partial charge >= 0.3 is 5.97 Å². The van der Waals surface area contributed by atoms with Crippen LogP contribution in [0, 0.1) is 0 Å². The van der Waals surface area contributed by atoms with Gasteiger partial charge in [0.25, 0.3) is 0 Å². The van der Waals surface area contributed by atoms with Crippen molar-refractivity contribution in [1.29, 1.82) is 0 Å². The number of unbranched alkanes of at least 4 members (excludes halogenated alkanes) is 23. The lowest BCUT2D eigenvalue weighted by atomic mass is 10.0. The van der Waals surface area contributed by atoms with Crippen molar-refractivity contribution in [3.05, 3.63) is 72.9 Å². The normalized spacial score (nSPS) is 13.0. The van der Waals surface area contributed by atoms with E-state index in [0.717, 1.165) is 51.4 Å². The topological polar surface area (TPSA) is 55.8 Å². The maximum absolute atomic E-state index is 12.2. The number of hydrogen-bond acceptors (Lipinski definition) is 4. The van der Waals surface area contributed by atoms with Crippen molar-refractivity contribution in [3.63, 3.8) is 0 Å². The Bertz CT molecular complexity index is 942. The molecule has 1 N–H and O–H groups in total. The van der Waals surface area contributed by atoms with Crippen molar-refractivity contribution in [2.24, 2.45) is 0 Å². The number of carbonyl (C=O) groups excluding carboxylic acids is 1. The van der Waals surface area contributed by atoms with E-state index in [9.17, 15) is 9.90 Å². The molecule has 4 heteroatoms. The van der Waals surface area contributed by atoms with Crippen LogP contribution in [0.2, 0.25) is 0 Å². The van der Waals surface area contributed by atoms with Crippen molar-refractivity contribution < 1.29 is 19.4 Å². The Labute approximate surface area is 342 Å². The molecule has 0 aromatic carbocycles. The summed E-state index contributed by atoms with van der Waals surface area (Å²) in [5.41, 5.74) is 0. The largest absolute Gasteiger partial charge is 0.457 e. The fraction of sp³-hybridized carbons (Fsp3) is 0.745. The van der Waals surface area contributed by atoms with E-state index >= 15 is 0 Å². The van der Waals surface area contributed by atoms with Crippen molar-refractivity contribution >= 4 is 5.97 Å². The second-order valence-electron chi connectivity index (χ2n) is 15.4. The Balaban J connectivity index is 3.43. The lowest BCUT2D eigenvalue weighted by Gasteiger charge is -2.16. The summed E-state index contributed by atoms with van der Waals surface area (Å²) in [6.45, 7) is 5.21. The Kier molecular flexibility index (Phi) is 46.1. The molecule has 0 fully saturated rings. The van der Waals surface area contributed by atoms with Gasteiger partial charge in [-0.25, -0.2) is 0 Å². The summed E-state index contributed by atoms with van der Waals surface area (Å²) in [4.78, 5) is 12.2. The number of esters is 1. The lowest BCUT2D eigenvalue weighted by Crippen LogP contribution is -2.27. The molecule has 0 spiro atoms. The van der Waals surface area contributed by atoms with Gasteiger partial charge in [0.2, 0.25) is 0 Å². The van der Waals surface area contributed by atoms with Crippen LogP contribution in [-0.4, -0.2) is 37.0 Å². The summed E-state index contributed by atoms with van der Waals surface area (Å²) >= 11 is 0.